The molecule has 0 spiro atoms. The van der Waals surface area contributed by atoms with Crippen LogP contribution in [0.2, 0.25) is 0 Å². The fourth-order valence-corrected chi connectivity index (χ4v) is 2.52. The highest BCUT2D eigenvalue weighted by Gasteiger charge is 2.34. The van der Waals surface area contributed by atoms with Crippen molar-refractivity contribution < 1.29 is 9.90 Å². The van der Waals surface area contributed by atoms with Crippen LogP contribution in [0.1, 0.15) is 68.0 Å². The Labute approximate surface area is 120 Å². The summed E-state index contributed by atoms with van der Waals surface area (Å²) in [6.07, 6.45) is 5.01. The molecule has 20 heavy (non-hydrogen) atoms. The van der Waals surface area contributed by atoms with Crippen LogP contribution in [0.25, 0.3) is 0 Å². The normalized spacial score (nSPS) is 16.2. The predicted octanol–water partition coefficient (Wildman–Crippen LogP) is 2.19. The Hall–Kier alpha value is -1.36. The van der Waals surface area contributed by atoms with Gasteiger partial charge in [-0.3, -0.25) is 9.48 Å². The van der Waals surface area contributed by atoms with Crippen LogP contribution in [-0.2, 0) is 0 Å². The van der Waals surface area contributed by atoms with E-state index in [1.807, 2.05) is 11.6 Å². The summed E-state index contributed by atoms with van der Waals surface area (Å²) in [5.74, 6) is 0.483. The van der Waals surface area contributed by atoms with Crippen molar-refractivity contribution in [3.63, 3.8) is 0 Å². The Bertz CT molecular complexity index is 466. The van der Waals surface area contributed by atoms with Crippen molar-refractivity contribution in [1.29, 1.82) is 0 Å². The lowest BCUT2D eigenvalue weighted by atomic mass is 10.1. The van der Waals surface area contributed by atoms with Gasteiger partial charge in [0.1, 0.15) is 0 Å². The Morgan fingerprint density at radius 3 is 2.75 bits per heavy atom. The van der Waals surface area contributed by atoms with Crippen LogP contribution in [0.4, 0.5) is 0 Å². The fourth-order valence-electron chi connectivity index (χ4n) is 2.52. The van der Waals surface area contributed by atoms with Crippen molar-refractivity contribution in [3.05, 3.63) is 17.5 Å². The van der Waals surface area contributed by atoms with Gasteiger partial charge in [-0.1, -0.05) is 6.92 Å². The molecule has 5 heteroatoms. The summed E-state index contributed by atoms with van der Waals surface area (Å²) in [7, 11) is 0. The lowest BCUT2D eigenvalue weighted by molar-refractivity contribution is 0.0730. The number of aliphatic hydroxyl groups is 1. The molecule has 1 heterocycles. The molecule has 112 valence electrons. The van der Waals surface area contributed by atoms with Crippen molar-refractivity contribution in [2.24, 2.45) is 0 Å². The molecule has 1 unspecified atom stereocenters. The van der Waals surface area contributed by atoms with Crippen molar-refractivity contribution in [2.75, 3.05) is 19.7 Å². The van der Waals surface area contributed by atoms with Gasteiger partial charge in [0, 0.05) is 25.0 Å². The number of amides is 1. The molecule has 1 N–H and O–H groups in total. The highest BCUT2D eigenvalue weighted by atomic mass is 16.3. The molecule has 1 aliphatic carbocycles. The number of carbonyl (C=O) groups is 1. The summed E-state index contributed by atoms with van der Waals surface area (Å²) in [6, 6.07) is 0.320. The van der Waals surface area contributed by atoms with Gasteiger partial charge < -0.3 is 10.0 Å². The molecule has 0 bridgehead atoms. The molecule has 1 aromatic heterocycles. The summed E-state index contributed by atoms with van der Waals surface area (Å²) >= 11 is 0. The SMILES string of the molecule is CCC(C)n1ncc(C(=O)N(CC)CCO)c1C1CC1. The highest BCUT2D eigenvalue weighted by Crippen LogP contribution is 2.42. The van der Waals surface area contributed by atoms with E-state index in [1.165, 1.54) is 0 Å². The third-order valence-electron chi connectivity index (χ3n) is 4.08. The summed E-state index contributed by atoms with van der Waals surface area (Å²) in [6.45, 7) is 7.19. The molecule has 0 saturated heterocycles. The Morgan fingerprint density at radius 2 is 2.25 bits per heavy atom. The van der Waals surface area contributed by atoms with E-state index < -0.39 is 0 Å². The number of aliphatic hydroxyl groups excluding tert-OH is 1. The molecular weight excluding hydrogens is 254 g/mol. The summed E-state index contributed by atoms with van der Waals surface area (Å²) in [4.78, 5) is 14.3. The molecule has 5 nitrogen and oxygen atoms in total. The van der Waals surface area contributed by atoms with Crippen molar-refractivity contribution in [2.45, 2.75) is 52.0 Å². The minimum Gasteiger partial charge on any atom is -0.395 e. The fraction of sp³-hybridized carbons (Fsp3) is 0.733. The third-order valence-corrected chi connectivity index (χ3v) is 4.08. The number of hydrogen-bond donors (Lipinski definition) is 1. The monoisotopic (exact) mass is 279 g/mol. The minimum atomic E-state index is -0.00214. The largest absolute Gasteiger partial charge is 0.395 e. The van der Waals surface area contributed by atoms with Gasteiger partial charge in [0.25, 0.3) is 5.91 Å². The number of carbonyl (C=O) groups excluding carboxylic acids is 1. The van der Waals surface area contributed by atoms with Crippen molar-refractivity contribution >= 4 is 5.91 Å². The molecule has 2 rings (SSSR count). The van der Waals surface area contributed by atoms with Crippen molar-refractivity contribution in [1.82, 2.24) is 14.7 Å². The first-order valence-electron chi connectivity index (χ1n) is 7.61. The average Bonchev–Trinajstić information content (AvgIpc) is 3.21. The van der Waals surface area contributed by atoms with Gasteiger partial charge in [0.2, 0.25) is 0 Å². The van der Waals surface area contributed by atoms with Gasteiger partial charge in [0.05, 0.1) is 24.1 Å². The number of likely N-dealkylation sites (N-methyl/N-ethyl adjacent to an activating group) is 1. The van der Waals surface area contributed by atoms with E-state index in [0.29, 0.717) is 25.0 Å². The van der Waals surface area contributed by atoms with Gasteiger partial charge in [-0.25, -0.2) is 0 Å². The van der Waals surface area contributed by atoms with Crippen LogP contribution in [-0.4, -0.2) is 45.4 Å². The number of nitrogens with zero attached hydrogens (tertiary/aromatic N) is 3. The van der Waals surface area contributed by atoms with Crippen LogP contribution in [0, 0.1) is 0 Å². The van der Waals surface area contributed by atoms with E-state index in [-0.39, 0.29) is 12.5 Å². The zero-order chi connectivity index (χ0) is 14.7. The lowest BCUT2D eigenvalue weighted by Crippen LogP contribution is -2.33. The summed E-state index contributed by atoms with van der Waals surface area (Å²) in [5.41, 5.74) is 1.82. The van der Waals surface area contributed by atoms with Gasteiger partial charge in [-0.05, 0) is 33.1 Å². The van der Waals surface area contributed by atoms with Crippen LogP contribution in [0.3, 0.4) is 0 Å². The molecule has 1 aromatic rings. The molecule has 0 aromatic carbocycles. The van der Waals surface area contributed by atoms with Gasteiger partial charge >= 0.3 is 0 Å². The molecule has 1 amide bonds. The summed E-state index contributed by atoms with van der Waals surface area (Å²) < 4.78 is 2.03. The van der Waals surface area contributed by atoms with Crippen LogP contribution < -0.4 is 0 Å². The second kappa shape index (κ2) is 6.39. The predicted molar refractivity (Wildman–Crippen MR) is 77.9 cm³/mol. The lowest BCUT2D eigenvalue weighted by Gasteiger charge is -2.20. The molecule has 0 radical (unpaired) electrons. The first kappa shape index (κ1) is 15.0. The summed E-state index contributed by atoms with van der Waals surface area (Å²) in [5, 5.41) is 13.5. The van der Waals surface area contributed by atoms with Gasteiger partial charge in [-0.2, -0.15) is 5.10 Å². The smallest absolute Gasteiger partial charge is 0.257 e. The van der Waals surface area contributed by atoms with E-state index >= 15 is 0 Å². The van der Waals surface area contributed by atoms with Gasteiger partial charge in [0.15, 0.2) is 0 Å². The number of rotatable bonds is 7. The number of aromatic nitrogens is 2. The average molecular weight is 279 g/mol. The standard InChI is InChI=1S/C15H25N3O2/c1-4-11(3)18-14(12-6-7-12)13(10-16-18)15(20)17(5-2)8-9-19/h10-12,19H,4-9H2,1-3H3. The first-order valence-corrected chi connectivity index (χ1v) is 7.61. The maximum absolute atomic E-state index is 12.6. The Kier molecular flexibility index (Phi) is 4.81. The molecule has 1 atom stereocenters. The second-order valence-electron chi connectivity index (χ2n) is 5.53. The first-order chi connectivity index (χ1) is 9.63. The maximum Gasteiger partial charge on any atom is 0.257 e. The number of hydrogen-bond acceptors (Lipinski definition) is 3. The van der Waals surface area contributed by atoms with E-state index in [2.05, 4.69) is 18.9 Å². The zero-order valence-corrected chi connectivity index (χ0v) is 12.7. The van der Waals surface area contributed by atoms with E-state index in [4.69, 9.17) is 5.11 Å². The minimum absolute atomic E-state index is 0.00185. The molecular formula is C15H25N3O2. The highest BCUT2D eigenvalue weighted by molar-refractivity contribution is 5.95. The van der Waals surface area contributed by atoms with Crippen molar-refractivity contribution in [3.8, 4) is 0 Å². The topological polar surface area (TPSA) is 58.4 Å². The quantitative estimate of drug-likeness (QED) is 0.832. The molecule has 1 aliphatic rings. The van der Waals surface area contributed by atoms with E-state index in [0.717, 1.165) is 30.5 Å². The van der Waals surface area contributed by atoms with Crippen LogP contribution in [0.5, 0.6) is 0 Å². The Morgan fingerprint density at radius 1 is 1.55 bits per heavy atom. The maximum atomic E-state index is 12.6. The van der Waals surface area contributed by atoms with E-state index in [1.54, 1.807) is 11.1 Å². The second-order valence-corrected chi connectivity index (χ2v) is 5.53. The molecule has 1 saturated carbocycles. The molecule has 0 aliphatic heterocycles. The zero-order valence-electron chi connectivity index (χ0n) is 12.7. The van der Waals surface area contributed by atoms with Crippen LogP contribution in [0.15, 0.2) is 6.20 Å². The molecule has 1 fully saturated rings. The van der Waals surface area contributed by atoms with Gasteiger partial charge in [-0.15, -0.1) is 0 Å². The third kappa shape index (κ3) is 2.87. The van der Waals surface area contributed by atoms with E-state index in [9.17, 15) is 4.79 Å². The van der Waals surface area contributed by atoms with Crippen LogP contribution >= 0.6 is 0 Å². The Balaban J connectivity index is 2.31.